The maximum atomic E-state index is 5.67. The van der Waals surface area contributed by atoms with E-state index in [0.29, 0.717) is 6.04 Å². The smallest absolute Gasteiger partial charge is 0.00738 e. The van der Waals surface area contributed by atoms with Gasteiger partial charge in [-0.3, -0.25) is 0 Å². The van der Waals surface area contributed by atoms with Crippen LogP contribution in [0.2, 0.25) is 0 Å². The van der Waals surface area contributed by atoms with Crippen molar-refractivity contribution in [2.75, 3.05) is 0 Å². The summed E-state index contributed by atoms with van der Waals surface area (Å²) in [5.41, 5.74) is 5.67. The monoisotopic (exact) mass is 111 g/mol. The summed E-state index contributed by atoms with van der Waals surface area (Å²) in [5, 5.41) is 0. The molecule has 0 aromatic rings. The summed E-state index contributed by atoms with van der Waals surface area (Å²) in [7, 11) is 0. The summed E-state index contributed by atoms with van der Waals surface area (Å²) in [6.07, 6.45) is 2.77. The molecule has 2 aliphatic rings. The molecule has 2 aliphatic carbocycles. The van der Waals surface area contributed by atoms with Crippen LogP contribution in [0, 0.1) is 17.8 Å². The molecule has 46 valence electrons. The average molecular weight is 111 g/mol. The second-order valence-corrected chi connectivity index (χ2v) is 3.44. The quantitative estimate of drug-likeness (QED) is 0.536. The average Bonchev–Trinajstić information content (AvgIpc) is 2.47. The van der Waals surface area contributed by atoms with Crippen LogP contribution in [-0.2, 0) is 0 Å². The van der Waals surface area contributed by atoms with Gasteiger partial charge in [-0.2, -0.15) is 0 Å². The van der Waals surface area contributed by atoms with Gasteiger partial charge in [-0.1, -0.05) is 6.92 Å². The van der Waals surface area contributed by atoms with E-state index < -0.39 is 0 Å². The van der Waals surface area contributed by atoms with Gasteiger partial charge in [0.15, 0.2) is 0 Å². The fourth-order valence-corrected chi connectivity index (χ4v) is 1.68. The molecule has 0 saturated heterocycles. The molecule has 2 rings (SSSR count). The molecule has 8 heavy (non-hydrogen) atoms. The van der Waals surface area contributed by atoms with Crippen molar-refractivity contribution in [2.24, 2.45) is 23.5 Å². The van der Waals surface area contributed by atoms with Crippen molar-refractivity contribution in [1.82, 2.24) is 0 Å². The number of rotatable bonds is 1. The van der Waals surface area contributed by atoms with E-state index in [1.807, 2.05) is 0 Å². The highest BCUT2D eigenvalue weighted by Crippen LogP contribution is 2.53. The van der Waals surface area contributed by atoms with Crippen LogP contribution in [-0.4, -0.2) is 6.04 Å². The van der Waals surface area contributed by atoms with Gasteiger partial charge in [0.1, 0.15) is 0 Å². The Morgan fingerprint density at radius 2 is 1.75 bits per heavy atom. The van der Waals surface area contributed by atoms with Crippen LogP contribution in [0.15, 0.2) is 0 Å². The summed E-state index contributed by atoms with van der Waals surface area (Å²) in [6, 6.07) is 0.588. The van der Waals surface area contributed by atoms with Crippen molar-refractivity contribution in [3.05, 3.63) is 0 Å². The van der Waals surface area contributed by atoms with Crippen molar-refractivity contribution in [3.8, 4) is 0 Å². The number of nitrogens with two attached hydrogens (primary N) is 1. The molecule has 0 spiro atoms. The summed E-state index contributed by atoms with van der Waals surface area (Å²) in [4.78, 5) is 0. The van der Waals surface area contributed by atoms with E-state index in [9.17, 15) is 0 Å². The van der Waals surface area contributed by atoms with Gasteiger partial charge in [0.05, 0.1) is 0 Å². The minimum atomic E-state index is 0.588. The summed E-state index contributed by atoms with van der Waals surface area (Å²) >= 11 is 0. The third-order valence-corrected chi connectivity index (χ3v) is 2.61. The van der Waals surface area contributed by atoms with E-state index in [-0.39, 0.29) is 0 Å². The van der Waals surface area contributed by atoms with Crippen molar-refractivity contribution in [1.29, 1.82) is 0 Å². The van der Waals surface area contributed by atoms with E-state index in [1.165, 1.54) is 12.8 Å². The van der Waals surface area contributed by atoms with E-state index in [0.717, 1.165) is 17.8 Å². The molecule has 0 heterocycles. The van der Waals surface area contributed by atoms with Crippen LogP contribution < -0.4 is 5.73 Å². The summed E-state index contributed by atoms with van der Waals surface area (Å²) in [5.74, 6) is 2.98. The number of hydrogen-bond acceptors (Lipinski definition) is 1. The molecule has 0 aliphatic heterocycles. The Bertz CT molecular complexity index is 97.0. The molecule has 0 bridgehead atoms. The maximum Gasteiger partial charge on any atom is 0.00738 e. The lowest BCUT2D eigenvalue weighted by molar-refractivity contribution is 0.636. The van der Waals surface area contributed by atoms with E-state index in [1.54, 1.807) is 0 Å². The molecule has 1 heteroatoms. The van der Waals surface area contributed by atoms with Crippen molar-refractivity contribution < 1.29 is 0 Å². The van der Waals surface area contributed by atoms with Gasteiger partial charge in [0, 0.05) is 6.04 Å². The Balaban J connectivity index is 1.86. The fraction of sp³-hybridized carbons (Fsp3) is 1.00. The van der Waals surface area contributed by atoms with Crippen LogP contribution >= 0.6 is 0 Å². The van der Waals surface area contributed by atoms with E-state index in [2.05, 4.69) is 6.92 Å². The first-order valence-corrected chi connectivity index (χ1v) is 3.54. The van der Waals surface area contributed by atoms with Crippen LogP contribution in [0.4, 0.5) is 0 Å². The summed E-state index contributed by atoms with van der Waals surface area (Å²) in [6.45, 7) is 2.33. The van der Waals surface area contributed by atoms with Crippen molar-refractivity contribution in [2.45, 2.75) is 25.8 Å². The predicted octanol–water partition coefficient (Wildman–Crippen LogP) is 0.990. The zero-order valence-corrected chi connectivity index (χ0v) is 5.30. The second kappa shape index (κ2) is 1.27. The molecule has 2 N–H and O–H groups in total. The molecule has 2 fully saturated rings. The highest BCUT2D eigenvalue weighted by atomic mass is 14.8. The first kappa shape index (κ1) is 4.80. The van der Waals surface area contributed by atoms with Gasteiger partial charge in [-0.05, 0) is 30.6 Å². The molecule has 0 radical (unpaired) electrons. The zero-order valence-electron chi connectivity index (χ0n) is 5.30. The zero-order chi connectivity index (χ0) is 5.72. The Hall–Kier alpha value is -0.0400. The Labute approximate surface area is 50.3 Å². The molecule has 0 aromatic heterocycles. The lowest BCUT2D eigenvalue weighted by atomic mass is 10.2. The lowest BCUT2D eigenvalue weighted by Gasteiger charge is -1.87. The maximum absolute atomic E-state index is 5.67. The van der Waals surface area contributed by atoms with Gasteiger partial charge in [0.25, 0.3) is 0 Å². The standard InChI is InChI=1S/C7H13N/c1-4-2-5(4)6-3-7(6)8/h4-7H,2-3,8H2,1H3. The fourth-order valence-electron chi connectivity index (χ4n) is 1.68. The largest absolute Gasteiger partial charge is 0.327 e. The molecule has 4 unspecified atom stereocenters. The predicted molar refractivity (Wildman–Crippen MR) is 33.4 cm³/mol. The first-order chi connectivity index (χ1) is 3.79. The molecular weight excluding hydrogens is 98.1 g/mol. The minimum Gasteiger partial charge on any atom is -0.327 e. The minimum absolute atomic E-state index is 0.588. The number of hydrogen-bond donors (Lipinski definition) is 1. The molecule has 0 aromatic carbocycles. The SMILES string of the molecule is CC1CC1C1CC1N. The van der Waals surface area contributed by atoms with Crippen LogP contribution in [0.25, 0.3) is 0 Å². The topological polar surface area (TPSA) is 26.0 Å². The van der Waals surface area contributed by atoms with Gasteiger partial charge in [-0.15, -0.1) is 0 Å². The van der Waals surface area contributed by atoms with E-state index in [4.69, 9.17) is 5.73 Å². The van der Waals surface area contributed by atoms with Crippen molar-refractivity contribution >= 4 is 0 Å². The molecule has 2 saturated carbocycles. The third-order valence-electron chi connectivity index (χ3n) is 2.61. The Kier molecular flexibility index (Phi) is 0.762. The first-order valence-electron chi connectivity index (χ1n) is 3.54. The normalized spacial score (nSPS) is 60.8. The molecule has 1 nitrogen and oxygen atoms in total. The molecule has 0 amide bonds. The highest BCUT2D eigenvalue weighted by Gasteiger charge is 2.49. The Morgan fingerprint density at radius 1 is 1.25 bits per heavy atom. The highest BCUT2D eigenvalue weighted by molar-refractivity contribution is 5.02. The second-order valence-electron chi connectivity index (χ2n) is 3.44. The van der Waals surface area contributed by atoms with Gasteiger partial charge < -0.3 is 5.73 Å². The van der Waals surface area contributed by atoms with Gasteiger partial charge >= 0.3 is 0 Å². The van der Waals surface area contributed by atoms with Gasteiger partial charge in [-0.25, -0.2) is 0 Å². The molecular formula is C7H13N. The van der Waals surface area contributed by atoms with Crippen molar-refractivity contribution in [3.63, 3.8) is 0 Å². The lowest BCUT2D eigenvalue weighted by Crippen LogP contribution is -2.02. The van der Waals surface area contributed by atoms with Crippen LogP contribution in [0.3, 0.4) is 0 Å². The summed E-state index contributed by atoms with van der Waals surface area (Å²) < 4.78 is 0. The van der Waals surface area contributed by atoms with E-state index >= 15 is 0 Å². The third kappa shape index (κ3) is 0.576. The Morgan fingerprint density at radius 3 is 1.88 bits per heavy atom. The van der Waals surface area contributed by atoms with Gasteiger partial charge in [0.2, 0.25) is 0 Å². The van der Waals surface area contributed by atoms with Crippen LogP contribution in [0.1, 0.15) is 19.8 Å². The molecule has 4 atom stereocenters. The van der Waals surface area contributed by atoms with Crippen LogP contribution in [0.5, 0.6) is 0 Å².